The van der Waals surface area contributed by atoms with E-state index in [-0.39, 0.29) is 5.54 Å². The van der Waals surface area contributed by atoms with Gasteiger partial charge in [-0.1, -0.05) is 29.8 Å². The fourth-order valence-electron chi connectivity index (χ4n) is 5.35. The molecular formula is C17H22ClNO. The number of hydrogen-bond acceptors (Lipinski definition) is 2. The smallest absolute Gasteiger partial charge is 0.0670 e. The van der Waals surface area contributed by atoms with Crippen LogP contribution in [0.15, 0.2) is 24.3 Å². The van der Waals surface area contributed by atoms with Gasteiger partial charge in [0.25, 0.3) is 0 Å². The maximum atomic E-state index is 10.8. The number of benzene rings is 1. The van der Waals surface area contributed by atoms with Crippen LogP contribution in [0.1, 0.15) is 44.1 Å². The van der Waals surface area contributed by atoms with E-state index < -0.39 is 5.60 Å². The van der Waals surface area contributed by atoms with Crippen LogP contribution in [0.25, 0.3) is 0 Å². The Morgan fingerprint density at radius 3 is 2.50 bits per heavy atom. The lowest BCUT2D eigenvalue weighted by Crippen LogP contribution is -2.64. The second-order valence-electron chi connectivity index (χ2n) is 7.41. The van der Waals surface area contributed by atoms with Crippen molar-refractivity contribution >= 4 is 11.6 Å². The molecule has 3 heteroatoms. The van der Waals surface area contributed by atoms with Crippen LogP contribution < -0.4 is 5.32 Å². The summed E-state index contributed by atoms with van der Waals surface area (Å²) in [7, 11) is 0. The van der Waals surface area contributed by atoms with Gasteiger partial charge in [-0.3, -0.25) is 0 Å². The van der Waals surface area contributed by atoms with E-state index in [2.05, 4.69) is 11.4 Å². The van der Waals surface area contributed by atoms with Crippen molar-refractivity contribution < 1.29 is 5.11 Å². The molecule has 0 aromatic heterocycles. The summed E-state index contributed by atoms with van der Waals surface area (Å²) in [5, 5.41) is 15.4. The van der Waals surface area contributed by atoms with E-state index in [1.165, 1.54) is 19.3 Å². The van der Waals surface area contributed by atoms with Crippen LogP contribution in [0.4, 0.5) is 0 Å². The highest BCUT2D eigenvalue weighted by atomic mass is 35.5. The second kappa shape index (κ2) is 4.46. The highest BCUT2D eigenvalue weighted by Crippen LogP contribution is 2.57. The summed E-state index contributed by atoms with van der Waals surface area (Å²) < 4.78 is 0. The van der Waals surface area contributed by atoms with Gasteiger partial charge < -0.3 is 10.4 Å². The van der Waals surface area contributed by atoms with Crippen molar-refractivity contribution in [2.45, 2.75) is 56.2 Å². The van der Waals surface area contributed by atoms with E-state index in [1.54, 1.807) is 0 Å². The zero-order chi connectivity index (χ0) is 13.8. The van der Waals surface area contributed by atoms with Crippen LogP contribution in [-0.4, -0.2) is 16.2 Å². The van der Waals surface area contributed by atoms with Crippen molar-refractivity contribution in [3.05, 3.63) is 34.9 Å². The van der Waals surface area contributed by atoms with E-state index in [1.807, 2.05) is 18.2 Å². The highest BCUT2D eigenvalue weighted by molar-refractivity contribution is 6.31. The molecule has 2 atom stereocenters. The molecule has 108 valence electrons. The third kappa shape index (κ3) is 2.18. The quantitative estimate of drug-likeness (QED) is 0.893. The molecule has 4 aliphatic carbocycles. The SMILES string of the molecule is OC12CC3CC(C1)CC(NCc1ccccc1Cl)(C3)C2. The maximum Gasteiger partial charge on any atom is 0.0670 e. The van der Waals surface area contributed by atoms with Crippen LogP contribution >= 0.6 is 11.6 Å². The molecule has 0 heterocycles. The van der Waals surface area contributed by atoms with Gasteiger partial charge in [0.15, 0.2) is 0 Å². The van der Waals surface area contributed by atoms with Gasteiger partial charge in [-0.25, -0.2) is 0 Å². The first-order valence-electron chi connectivity index (χ1n) is 7.77. The molecule has 0 aliphatic heterocycles. The van der Waals surface area contributed by atoms with Crippen molar-refractivity contribution in [1.82, 2.24) is 5.32 Å². The third-order valence-electron chi connectivity index (χ3n) is 5.64. The fourth-order valence-corrected chi connectivity index (χ4v) is 5.55. The van der Waals surface area contributed by atoms with Crippen LogP contribution in [-0.2, 0) is 6.54 Å². The highest BCUT2D eigenvalue weighted by Gasteiger charge is 2.56. The molecule has 0 radical (unpaired) electrons. The van der Waals surface area contributed by atoms with Crippen molar-refractivity contribution in [3.63, 3.8) is 0 Å². The Balaban J connectivity index is 1.53. The summed E-state index contributed by atoms with van der Waals surface area (Å²) in [6.45, 7) is 0.815. The number of rotatable bonds is 3. The number of aliphatic hydroxyl groups is 1. The molecule has 1 aromatic rings. The van der Waals surface area contributed by atoms with Crippen molar-refractivity contribution in [2.75, 3.05) is 0 Å². The van der Waals surface area contributed by atoms with E-state index in [9.17, 15) is 5.11 Å². The molecule has 0 amide bonds. The Kier molecular flexibility index (Phi) is 2.93. The largest absolute Gasteiger partial charge is 0.390 e. The summed E-state index contributed by atoms with van der Waals surface area (Å²) in [5.74, 6) is 1.44. The van der Waals surface area contributed by atoms with E-state index >= 15 is 0 Å². The topological polar surface area (TPSA) is 32.3 Å². The molecule has 4 fully saturated rings. The zero-order valence-electron chi connectivity index (χ0n) is 11.7. The van der Waals surface area contributed by atoms with Gasteiger partial charge in [-0.05, 0) is 62.0 Å². The zero-order valence-corrected chi connectivity index (χ0v) is 12.5. The molecular weight excluding hydrogens is 270 g/mol. The molecule has 2 N–H and O–H groups in total. The predicted octanol–water partition coefficient (Wildman–Crippen LogP) is 3.51. The Labute approximate surface area is 125 Å². The van der Waals surface area contributed by atoms with E-state index in [0.29, 0.717) is 0 Å². The molecule has 20 heavy (non-hydrogen) atoms. The molecule has 4 bridgehead atoms. The Bertz CT molecular complexity index is 515. The summed E-state index contributed by atoms with van der Waals surface area (Å²) in [5.41, 5.74) is 0.923. The number of hydrogen-bond donors (Lipinski definition) is 2. The maximum absolute atomic E-state index is 10.8. The van der Waals surface area contributed by atoms with Gasteiger partial charge in [-0.15, -0.1) is 0 Å². The van der Waals surface area contributed by atoms with Crippen LogP contribution in [0.3, 0.4) is 0 Å². The third-order valence-corrected chi connectivity index (χ3v) is 6.01. The minimum absolute atomic E-state index is 0.151. The minimum atomic E-state index is -0.391. The standard InChI is InChI=1S/C17H22ClNO/c18-15-4-2-1-3-14(15)10-19-16-6-12-5-13(7-16)9-17(20,8-12)11-16/h1-4,12-13,19-20H,5-11H2. The average Bonchev–Trinajstić information content (AvgIpc) is 2.35. The first-order chi connectivity index (χ1) is 9.56. The van der Waals surface area contributed by atoms with Crippen LogP contribution in [0.5, 0.6) is 0 Å². The number of nitrogens with one attached hydrogen (secondary N) is 1. The minimum Gasteiger partial charge on any atom is -0.390 e. The summed E-state index contributed by atoms with van der Waals surface area (Å²) in [6, 6.07) is 8.05. The van der Waals surface area contributed by atoms with Gasteiger partial charge in [-0.2, -0.15) is 0 Å². The average molecular weight is 292 g/mol. The van der Waals surface area contributed by atoms with Gasteiger partial charge in [0.1, 0.15) is 0 Å². The Hall–Kier alpha value is -0.570. The van der Waals surface area contributed by atoms with Gasteiger partial charge >= 0.3 is 0 Å². The van der Waals surface area contributed by atoms with Crippen molar-refractivity contribution in [1.29, 1.82) is 0 Å². The lowest BCUT2D eigenvalue weighted by atomic mass is 9.51. The molecule has 4 saturated carbocycles. The lowest BCUT2D eigenvalue weighted by molar-refractivity contribution is -0.142. The molecule has 2 nitrogen and oxygen atoms in total. The number of halogens is 1. The van der Waals surface area contributed by atoms with E-state index in [4.69, 9.17) is 11.6 Å². The Morgan fingerprint density at radius 2 is 1.85 bits per heavy atom. The molecule has 0 saturated heterocycles. The normalized spacial score (nSPS) is 42.1. The van der Waals surface area contributed by atoms with Gasteiger partial charge in [0.05, 0.1) is 5.60 Å². The molecule has 4 aliphatic rings. The molecule has 1 aromatic carbocycles. The van der Waals surface area contributed by atoms with Crippen LogP contribution in [0, 0.1) is 11.8 Å². The van der Waals surface area contributed by atoms with Crippen molar-refractivity contribution in [2.24, 2.45) is 11.8 Å². The van der Waals surface area contributed by atoms with E-state index in [0.717, 1.165) is 48.2 Å². The van der Waals surface area contributed by atoms with Gasteiger partial charge in [0.2, 0.25) is 0 Å². The van der Waals surface area contributed by atoms with Gasteiger partial charge in [0, 0.05) is 17.1 Å². The summed E-state index contributed by atoms with van der Waals surface area (Å²) in [4.78, 5) is 0. The first-order valence-corrected chi connectivity index (χ1v) is 8.15. The monoisotopic (exact) mass is 291 g/mol. The predicted molar refractivity (Wildman–Crippen MR) is 80.7 cm³/mol. The van der Waals surface area contributed by atoms with Crippen LogP contribution in [0.2, 0.25) is 5.02 Å². The summed E-state index contributed by atoms with van der Waals surface area (Å²) >= 11 is 6.25. The first kappa shape index (κ1) is 13.1. The summed E-state index contributed by atoms with van der Waals surface area (Å²) in [6.07, 6.45) is 6.78. The second-order valence-corrected chi connectivity index (χ2v) is 7.82. The van der Waals surface area contributed by atoms with Crippen molar-refractivity contribution in [3.8, 4) is 0 Å². The Morgan fingerprint density at radius 1 is 1.15 bits per heavy atom. The lowest BCUT2D eigenvalue weighted by Gasteiger charge is -2.60. The molecule has 5 rings (SSSR count). The fraction of sp³-hybridized carbons (Fsp3) is 0.647. The molecule has 2 unspecified atom stereocenters. The molecule has 0 spiro atoms.